The molecule has 182 valence electrons. The zero-order chi connectivity index (χ0) is 25.8. The van der Waals surface area contributed by atoms with Gasteiger partial charge >= 0.3 is 0 Å². The molecule has 2 aliphatic carbocycles. The molecule has 2 aliphatic rings. The summed E-state index contributed by atoms with van der Waals surface area (Å²) >= 11 is 0. The highest BCUT2D eigenvalue weighted by molar-refractivity contribution is 6.18. The van der Waals surface area contributed by atoms with Crippen molar-refractivity contribution in [2.24, 2.45) is 0 Å². The molecule has 0 saturated heterocycles. The fourth-order valence-electron chi connectivity index (χ4n) is 7.56. The quantitative estimate of drug-likeness (QED) is 0.203. The van der Waals surface area contributed by atoms with E-state index in [0.29, 0.717) is 0 Å². The van der Waals surface area contributed by atoms with Crippen LogP contribution in [0.15, 0.2) is 109 Å². The van der Waals surface area contributed by atoms with Gasteiger partial charge in [-0.2, -0.15) is 0 Å². The molecule has 6 aromatic rings. The van der Waals surface area contributed by atoms with E-state index in [4.69, 9.17) is 0 Å². The number of rotatable bonds is 1. The van der Waals surface area contributed by atoms with Crippen molar-refractivity contribution in [1.82, 2.24) is 0 Å². The SMILES string of the molecule is CC1(C)c2ccccc2-c2ccc(-c3ccc4c5c(c6ccccc6c4c3)-c3ccccc3C5(C)C)cc21. The largest absolute Gasteiger partial charge is 0.0619 e. The Balaban J connectivity index is 1.39. The molecule has 0 nitrogen and oxygen atoms in total. The van der Waals surface area contributed by atoms with Crippen molar-refractivity contribution in [3.63, 3.8) is 0 Å². The third kappa shape index (κ3) is 2.65. The van der Waals surface area contributed by atoms with Crippen LogP contribution in [0.3, 0.4) is 0 Å². The lowest BCUT2D eigenvalue weighted by Gasteiger charge is -2.24. The zero-order valence-electron chi connectivity index (χ0n) is 22.4. The fraction of sp³-hybridized carbons (Fsp3) is 0.158. The molecule has 0 saturated carbocycles. The third-order valence-corrected chi connectivity index (χ3v) is 9.44. The molecule has 0 aliphatic heterocycles. The van der Waals surface area contributed by atoms with E-state index in [1.807, 2.05) is 0 Å². The summed E-state index contributed by atoms with van der Waals surface area (Å²) in [4.78, 5) is 0. The second-order valence-electron chi connectivity index (χ2n) is 12.2. The Labute approximate surface area is 224 Å². The molecule has 0 atom stereocenters. The third-order valence-electron chi connectivity index (χ3n) is 9.44. The summed E-state index contributed by atoms with van der Waals surface area (Å²) in [5.74, 6) is 0. The summed E-state index contributed by atoms with van der Waals surface area (Å²) in [6.07, 6.45) is 0. The highest BCUT2D eigenvalue weighted by Crippen LogP contribution is 2.55. The molecule has 0 fully saturated rings. The Bertz CT molecular complexity index is 1970. The van der Waals surface area contributed by atoms with Gasteiger partial charge in [-0.25, -0.2) is 0 Å². The van der Waals surface area contributed by atoms with Gasteiger partial charge in [0.15, 0.2) is 0 Å². The number of hydrogen-bond acceptors (Lipinski definition) is 0. The fourth-order valence-corrected chi connectivity index (χ4v) is 7.56. The van der Waals surface area contributed by atoms with Crippen LogP contribution in [-0.2, 0) is 10.8 Å². The summed E-state index contributed by atoms with van der Waals surface area (Å²) in [5, 5.41) is 5.42. The summed E-state index contributed by atoms with van der Waals surface area (Å²) in [6, 6.07) is 41.1. The van der Waals surface area contributed by atoms with E-state index < -0.39 is 0 Å². The van der Waals surface area contributed by atoms with Gasteiger partial charge in [0.05, 0.1) is 0 Å². The first-order valence-electron chi connectivity index (χ1n) is 13.7. The van der Waals surface area contributed by atoms with Gasteiger partial charge in [0, 0.05) is 10.8 Å². The molecule has 0 heterocycles. The predicted octanol–water partition coefficient (Wildman–Crippen LogP) is 10.3. The molecule has 0 radical (unpaired) electrons. The maximum atomic E-state index is 2.44. The van der Waals surface area contributed by atoms with E-state index in [-0.39, 0.29) is 10.8 Å². The van der Waals surface area contributed by atoms with E-state index in [2.05, 4.69) is 137 Å². The van der Waals surface area contributed by atoms with Crippen LogP contribution >= 0.6 is 0 Å². The van der Waals surface area contributed by atoms with Crippen LogP contribution in [-0.4, -0.2) is 0 Å². The van der Waals surface area contributed by atoms with Crippen LogP contribution in [0.25, 0.3) is 54.9 Å². The highest BCUT2D eigenvalue weighted by Gasteiger charge is 2.38. The van der Waals surface area contributed by atoms with E-state index in [1.54, 1.807) is 0 Å². The Morgan fingerprint density at radius 3 is 1.76 bits per heavy atom. The Morgan fingerprint density at radius 1 is 0.395 bits per heavy atom. The Morgan fingerprint density at radius 2 is 0.974 bits per heavy atom. The smallest absolute Gasteiger partial charge is 0.0165 e. The van der Waals surface area contributed by atoms with Gasteiger partial charge < -0.3 is 0 Å². The van der Waals surface area contributed by atoms with Crippen LogP contribution in [0, 0.1) is 0 Å². The molecular weight excluding hydrogens is 456 g/mol. The van der Waals surface area contributed by atoms with Crippen LogP contribution < -0.4 is 0 Å². The molecule has 0 aromatic heterocycles. The lowest BCUT2D eigenvalue weighted by Crippen LogP contribution is -2.15. The van der Waals surface area contributed by atoms with Crippen LogP contribution in [0.1, 0.15) is 49.9 Å². The van der Waals surface area contributed by atoms with Crippen LogP contribution in [0.5, 0.6) is 0 Å². The molecule has 0 bridgehead atoms. The molecule has 0 N–H and O–H groups in total. The van der Waals surface area contributed by atoms with E-state index >= 15 is 0 Å². The maximum Gasteiger partial charge on any atom is 0.0165 e. The Kier molecular flexibility index (Phi) is 4.17. The van der Waals surface area contributed by atoms with E-state index in [1.165, 1.54) is 77.2 Å². The number of benzene rings is 6. The lowest BCUT2D eigenvalue weighted by molar-refractivity contribution is 0.660. The van der Waals surface area contributed by atoms with Crippen molar-refractivity contribution in [3.8, 4) is 33.4 Å². The van der Waals surface area contributed by atoms with E-state index in [0.717, 1.165) is 0 Å². The first-order valence-corrected chi connectivity index (χ1v) is 13.7. The standard InChI is InChI=1S/C38H30/c1-37(2)32-15-9-7-12-26(32)27-19-17-24(22-34(27)37)23-18-20-29-31(21-23)25-11-5-6-13-28(25)35-30-14-8-10-16-33(30)38(3,4)36(29)35/h5-22H,1-4H3. The molecule has 0 spiro atoms. The topological polar surface area (TPSA) is 0 Å². The molecule has 0 amide bonds. The first-order chi connectivity index (χ1) is 18.4. The maximum absolute atomic E-state index is 2.44. The van der Waals surface area contributed by atoms with Crippen molar-refractivity contribution in [3.05, 3.63) is 131 Å². The first kappa shape index (κ1) is 21.9. The second-order valence-corrected chi connectivity index (χ2v) is 12.2. The van der Waals surface area contributed by atoms with E-state index in [9.17, 15) is 0 Å². The van der Waals surface area contributed by atoms with Crippen molar-refractivity contribution >= 4 is 21.5 Å². The Hall–Kier alpha value is -4.16. The van der Waals surface area contributed by atoms with Gasteiger partial charge in [-0.15, -0.1) is 0 Å². The van der Waals surface area contributed by atoms with Gasteiger partial charge in [-0.1, -0.05) is 125 Å². The normalized spacial score (nSPS) is 15.8. The van der Waals surface area contributed by atoms with Crippen molar-refractivity contribution in [1.29, 1.82) is 0 Å². The van der Waals surface area contributed by atoms with Crippen LogP contribution in [0.4, 0.5) is 0 Å². The van der Waals surface area contributed by atoms with Crippen LogP contribution in [0.2, 0.25) is 0 Å². The molecule has 8 rings (SSSR count). The summed E-state index contributed by atoms with van der Waals surface area (Å²) in [7, 11) is 0. The van der Waals surface area contributed by atoms with Gasteiger partial charge in [-0.3, -0.25) is 0 Å². The summed E-state index contributed by atoms with van der Waals surface area (Å²) in [5.41, 5.74) is 13.8. The van der Waals surface area contributed by atoms with Gasteiger partial charge in [0.1, 0.15) is 0 Å². The average Bonchev–Trinajstić information content (AvgIpc) is 3.33. The minimum atomic E-state index is -0.0426. The monoisotopic (exact) mass is 486 g/mol. The second kappa shape index (κ2) is 7.23. The molecular formula is C38H30. The lowest BCUT2D eigenvalue weighted by atomic mass is 9.78. The molecule has 0 heteroatoms. The molecule has 38 heavy (non-hydrogen) atoms. The van der Waals surface area contributed by atoms with Gasteiger partial charge in [0.25, 0.3) is 0 Å². The summed E-state index contributed by atoms with van der Waals surface area (Å²) < 4.78 is 0. The number of hydrogen-bond donors (Lipinski definition) is 0. The van der Waals surface area contributed by atoms with Gasteiger partial charge in [0.2, 0.25) is 0 Å². The summed E-state index contributed by atoms with van der Waals surface area (Å²) in [6.45, 7) is 9.50. The predicted molar refractivity (Wildman–Crippen MR) is 162 cm³/mol. The van der Waals surface area contributed by atoms with Crippen molar-refractivity contribution in [2.75, 3.05) is 0 Å². The molecule has 0 unspecified atom stereocenters. The highest BCUT2D eigenvalue weighted by atomic mass is 14.4. The van der Waals surface area contributed by atoms with Crippen molar-refractivity contribution in [2.45, 2.75) is 38.5 Å². The van der Waals surface area contributed by atoms with Gasteiger partial charge in [-0.05, 0) is 89.3 Å². The zero-order valence-corrected chi connectivity index (χ0v) is 22.4. The average molecular weight is 487 g/mol. The minimum Gasteiger partial charge on any atom is -0.0619 e. The van der Waals surface area contributed by atoms with Crippen molar-refractivity contribution < 1.29 is 0 Å². The number of fused-ring (bicyclic) bond motifs is 11. The minimum absolute atomic E-state index is 0.00209. The molecule has 6 aromatic carbocycles.